The molecule has 1 N–H and O–H groups in total. The molecule has 1 aliphatic rings. The number of hydrogen-bond donors (Lipinski definition) is 1. The maximum absolute atomic E-state index is 12.2. The van der Waals surface area contributed by atoms with E-state index < -0.39 is 5.97 Å². The van der Waals surface area contributed by atoms with Crippen molar-refractivity contribution in [2.24, 2.45) is 5.92 Å². The second kappa shape index (κ2) is 6.44. The lowest BCUT2D eigenvalue weighted by molar-refractivity contribution is -0.136. The van der Waals surface area contributed by atoms with E-state index in [-0.39, 0.29) is 24.8 Å². The van der Waals surface area contributed by atoms with Crippen LogP contribution in [0.5, 0.6) is 0 Å². The molecular formula is C14H14N2O3S. The number of carboxylic acid groups (broad SMARTS) is 1. The van der Waals surface area contributed by atoms with Crippen LogP contribution in [0.15, 0.2) is 29.2 Å². The van der Waals surface area contributed by atoms with E-state index in [1.165, 1.54) is 4.90 Å². The van der Waals surface area contributed by atoms with Gasteiger partial charge in [-0.15, -0.1) is 0 Å². The monoisotopic (exact) mass is 290 g/mol. The first-order chi connectivity index (χ1) is 9.61. The Labute approximate surface area is 121 Å². The number of aliphatic carboxylic acids is 1. The van der Waals surface area contributed by atoms with Crippen LogP contribution >= 0.6 is 11.8 Å². The van der Waals surface area contributed by atoms with Crippen molar-refractivity contribution in [3.05, 3.63) is 24.3 Å². The summed E-state index contributed by atoms with van der Waals surface area (Å²) in [5, 5.41) is 19.4. The number of thioether (sulfide) groups is 1. The van der Waals surface area contributed by atoms with Crippen molar-refractivity contribution in [2.75, 3.05) is 11.4 Å². The molecule has 1 saturated carbocycles. The van der Waals surface area contributed by atoms with E-state index in [4.69, 9.17) is 10.4 Å². The third-order valence-corrected chi connectivity index (χ3v) is 3.65. The van der Waals surface area contributed by atoms with E-state index in [9.17, 15) is 9.59 Å². The average molecular weight is 290 g/mol. The number of carboxylic acids is 1. The van der Waals surface area contributed by atoms with Gasteiger partial charge >= 0.3 is 5.97 Å². The van der Waals surface area contributed by atoms with Crippen molar-refractivity contribution in [1.29, 1.82) is 5.26 Å². The molecule has 1 amide bonds. The van der Waals surface area contributed by atoms with Gasteiger partial charge in [0.1, 0.15) is 5.40 Å². The van der Waals surface area contributed by atoms with Gasteiger partial charge in [-0.3, -0.25) is 9.59 Å². The summed E-state index contributed by atoms with van der Waals surface area (Å²) in [5.41, 5.74) is 0.686. The van der Waals surface area contributed by atoms with E-state index in [0.29, 0.717) is 5.69 Å². The zero-order valence-electron chi connectivity index (χ0n) is 10.8. The van der Waals surface area contributed by atoms with Crippen LogP contribution in [0.4, 0.5) is 5.69 Å². The average Bonchev–Trinajstić information content (AvgIpc) is 3.25. The van der Waals surface area contributed by atoms with Crippen molar-refractivity contribution in [3.63, 3.8) is 0 Å². The Hall–Kier alpha value is -2.00. The molecule has 0 saturated heterocycles. The van der Waals surface area contributed by atoms with E-state index in [1.54, 1.807) is 24.3 Å². The van der Waals surface area contributed by atoms with Crippen molar-refractivity contribution in [3.8, 4) is 5.40 Å². The van der Waals surface area contributed by atoms with Crippen LogP contribution in [0.1, 0.15) is 19.3 Å². The van der Waals surface area contributed by atoms with Crippen LogP contribution in [-0.2, 0) is 9.59 Å². The summed E-state index contributed by atoms with van der Waals surface area (Å²) in [4.78, 5) is 25.2. The van der Waals surface area contributed by atoms with Crippen LogP contribution in [0.3, 0.4) is 0 Å². The number of thiocyanates is 1. The second-order valence-electron chi connectivity index (χ2n) is 4.60. The normalized spacial score (nSPS) is 13.6. The fraction of sp³-hybridized carbons (Fsp3) is 0.357. The number of carbonyl (C=O) groups is 2. The number of rotatable bonds is 6. The van der Waals surface area contributed by atoms with Gasteiger partial charge in [-0.2, -0.15) is 5.26 Å². The lowest BCUT2D eigenvalue weighted by Crippen LogP contribution is -2.34. The summed E-state index contributed by atoms with van der Waals surface area (Å²) in [7, 11) is 0. The predicted octanol–water partition coefficient (Wildman–Crippen LogP) is 2.48. The maximum Gasteiger partial charge on any atom is 0.305 e. The highest BCUT2D eigenvalue weighted by molar-refractivity contribution is 8.03. The number of hydrogen-bond acceptors (Lipinski definition) is 4. The summed E-state index contributed by atoms with van der Waals surface area (Å²) in [6, 6.07) is 7.03. The van der Waals surface area contributed by atoms with Crippen LogP contribution in [0.2, 0.25) is 0 Å². The van der Waals surface area contributed by atoms with E-state index in [2.05, 4.69) is 0 Å². The molecule has 0 atom stereocenters. The Morgan fingerprint density at radius 3 is 2.50 bits per heavy atom. The van der Waals surface area contributed by atoms with Gasteiger partial charge in [-0.05, 0) is 48.9 Å². The molecule has 1 aromatic rings. The topological polar surface area (TPSA) is 81.4 Å². The molecule has 6 heteroatoms. The summed E-state index contributed by atoms with van der Waals surface area (Å²) in [6.07, 6.45) is 1.68. The first-order valence-corrected chi connectivity index (χ1v) is 7.12. The molecule has 1 aromatic carbocycles. The maximum atomic E-state index is 12.2. The summed E-state index contributed by atoms with van der Waals surface area (Å²) in [5.74, 6) is -0.890. The smallest absolute Gasteiger partial charge is 0.305 e. The molecule has 0 unspecified atom stereocenters. The summed E-state index contributed by atoms with van der Waals surface area (Å²) >= 11 is 1.05. The zero-order chi connectivity index (χ0) is 14.5. The molecule has 104 valence electrons. The van der Waals surface area contributed by atoms with Crippen LogP contribution in [-0.4, -0.2) is 23.5 Å². The van der Waals surface area contributed by atoms with Crippen LogP contribution in [0.25, 0.3) is 0 Å². The Morgan fingerprint density at radius 2 is 2.00 bits per heavy atom. The first kappa shape index (κ1) is 14.4. The minimum absolute atomic E-state index is 0.00747. The van der Waals surface area contributed by atoms with Crippen molar-refractivity contribution in [2.45, 2.75) is 24.2 Å². The molecule has 0 spiro atoms. The SMILES string of the molecule is N#CSc1ccc(N(CCC(=O)O)C(=O)C2CC2)cc1. The molecule has 5 nitrogen and oxygen atoms in total. The van der Waals surface area contributed by atoms with Gasteiger partial charge in [0, 0.05) is 23.0 Å². The van der Waals surface area contributed by atoms with Gasteiger partial charge in [0.2, 0.25) is 5.91 Å². The molecule has 1 aliphatic carbocycles. The predicted molar refractivity (Wildman–Crippen MR) is 75.2 cm³/mol. The Balaban J connectivity index is 2.14. The van der Waals surface area contributed by atoms with Gasteiger partial charge in [-0.1, -0.05) is 0 Å². The fourth-order valence-electron chi connectivity index (χ4n) is 1.87. The molecule has 1 fully saturated rings. The zero-order valence-corrected chi connectivity index (χ0v) is 11.6. The lowest BCUT2D eigenvalue weighted by Gasteiger charge is -2.22. The first-order valence-electron chi connectivity index (χ1n) is 6.31. The Morgan fingerprint density at radius 1 is 1.35 bits per heavy atom. The second-order valence-corrected chi connectivity index (χ2v) is 5.45. The summed E-state index contributed by atoms with van der Waals surface area (Å²) < 4.78 is 0. The van der Waals surface area contributed by atoms with E-state index in [0.717, 1.165) is 29.5 Å². The van der Waals surface area contributed by atoms with Gasteiger partial charge < -0.3 is 10.0 Å². The molecular weight excluding hydrogens is 276 g/mol. The van der Waals surface area contributed by atoms with Crippen molar-refractivity contribution < 1.29 is 14.7 Å². The van der Waals surface area contributed by atoms with Gasteiger partial charge in [0.15, 0.2) is 0 Å². The third-order valence-electron chi connectivity index (χ3n) is 3.05. The molecule has 0 aromatic heterocycles. The molecule has 2 rings (SSSR count). The molecule has 20 heavy (non-hydrogen) atoms. The third kappa shape index (κ3) is 3.75. The standard InChI is InChI=1S/C14H14N2O3S/c15-9-20-12-5-3-11(4-6-12)16(8-7-13(17)18)14(19)10-1-2-10/h3-6,10H,1-2,7-8H2,(H,17,18). The molecule has 0 radical (unpaired) electrons. The van der Waals surface area contributed by atoms with Crippen molar-refractivity contribution in [1.82, 2.24) is 0 Å². The minimum Gasteiger partial charge on any atom is -0.481 e. The number of carbonyl (C=O) groups excluding carboxylic acids is 1. The van der Waals surface area contributed by atoms with Crippen LogP contribution < -0.4 is 4.90 Å². The Kier molecular flexibility index (Phi) is 4.64. The highest BCUT2D eigenvalue weighted by Gasteiger charge is 2.34. The Bertz CT molecular complexity index is 547. The van der Waals surface area contributed by atoms with E-state index >= 15 is 0 Å². The summed E-state index contributed by atoms with van der Waals surface area (Å²) in [6.45, 7) is 0.176. The molecule has 0 aliphatic heterocycles. The van der Waals surface area contributed by atoms with Gasteiger partial charge in [-0.25, -0.2) is 0 Å². The van der Waals surface area contributed by atoms with Crippen molar-refractivity contribution >= 4 is 29.3 Å². The van der Waals surface area contributed by atoms with Gasteiger partial charge in [0.25, 0.3) is 0 Å². The molecule has 0 heterocycles. The van der Waals surface area contributed by atoms with Crippen LogP contribution in [0, 0.1) is 16.6 Å². The number of anilines is 1. The number of nitriles is 1. The highest BCUT2D eigenvalue weighted by Crippen LogP contribution is 2.33. The fourth-order valence-corrected chi connectivity index (χ4v) is 2.25. The van der Waals surface area contributed by atoms with E-state index in [1.807, 2.05) is 5.40 Å². The highest BCUT2D eigenvalue weighted by atomic mass is 32.2. The van der Waals surface area contributed by atoms with Gasteiger partial charge in [0.05, 0.1) is 6.42 Å². The number of nitrogens with zero attached hydrogens (tertiary/aromatic N) is 2. The lowest BCUT2D eigenvalue weighted by atomic mass is 10.2. The number of amides is 1. The quantitative estimate of drug-likeness (QED) is 0.643. The largest absolute Gasteiger partial charge is 0.481 e. The number of benzene rings is 1. The molecule has 0 bridgehead atoms. The minimum atomic E-state index is -0.921.